The molecule has 2 N–H and O–H groups in total. The van der Waals surface area contributed by atoms with Crippen LogP contribution in [0.1, 0.15) is 12.8 Å². The molecule has 1 fully saturated rings. The van der Waals surface area contributed by atoms with Crippen LogP contribution in [0.3, 0.4) is 0 Å². The van der Waals surface area contributed by atoms with Gasteiger partial charge in [-0.15, -0.1) is 0 Å². The average Bonchev–Trinajstić information content (AvgIpc) is 3.23. The number of hydrogen-bond acceptors (Lipinski definition) is 6. The van der Waals surface area contributed by atoms with Crippen molar-refractivity contribution in [3.8, 4) is 16.7 Å². The molecule has 4 rings (SSSR count). The number of rotatable bonds is 5. The summed E-state index contributed by atoms with van der Waals surface area (Å²) in [5.41, 5.74) is -0.528. The minimum atomic E-state index is -1.35. The number of aliphatic carboxylic acids is 1. The molecule has 0 saturated carbocycles. The Morgan fingerprint density at radius 3 is 2.69 bits per heavy atom. The number of aromatic nitrogens is 1. The predicted octanol–water partition coefficient (Wildman–Crippen LogP) is 4.29. The number of nitrogens with zero attached hydrogens (tertiary/aromatic N) is 1. The van der Waals surface area contributed by atoms with Crippen molar-refractivity contribution in [1.82, 2.24) is 10.3 Å². The molecule has 8 heteroatoms. The largest absolute Gasteiger partial charge is 0.477 e. The topological polar surface area (TPSA) is 80.7 Å². The summed E-state index contributed by atoms with van der Waals surface area (Å²) in [4.78, 5) is 15.9. The zero-order chi connectivity index (χ0) is 18.1. The number of carboxylic acids is 1. The van der Waals surface area contributed by atoms with Gasteiger partial charge < -0.3 is 14.6 Å². The van der Waals surface area contributed by atoms with Crippen molar-refractivity contribution < 1.29 is 19.4 Å². The fourth-order valence-electron chi connectivity index (χ4n) is 2.83. The van der Waals surface area contributed by atoms with Gasteiger partial charge in [-0.25, -0.2) is 9.78 Å². The third-order valence-corrected chi connectivity index (χ3v) is 5.24. The van der Waals surface area contributed by atoms with E-state index in [4.69, 9.17) is 21.1 Å². The number of carbonyl (C=O) groups is 1. The van der Waals surface area contributed by atoms with E-state index in [0.717, 1.165) is 16.6 Å². The first-order valence-electron chi connectivity index (χ1n) is 8.06. The Balaban J connectivity index is 1.49. The molecule has 6 nitrogen and oxygen atoms in total. The Morgan fingerprint density at radius 2 is 2.00 bits per heavy atom. The molecular weight excluding hydrogens is 376 g/mol. The van der Waals surface area contributed by atoms with Crippen LogP contribution >= 0.6 is 22.9 Å². The van der Waals surface area contributed by atoms with Crippen LogP contribution in [-0.2, 0) is 4.79 Å². The van der Waals surface area contributed by atoms with Gasteiger partial charge in [-0.2, -0.15) is 0 Å². The maximum atomic E-state index is 11.5. The molecule has 1 aliphatic rings. The summed E-state index contributed by atoms with van der Waals surface area (Å²) in [6.07, 6.45) is 1.18. The Morgan fingerprint density at radius 1 is 1.23 bits per heavy atom. The number of benzene rings is 2. The lowest BCUT2D eigenvalue weighted by atomic mass is 10.1. The highest BCUT2D eigenvalue weighted by Crippen LogP contribution is 2.33. The van der Waals surface area contributed by atoms with Crippen molar-refractivity contribution in [2.75, 3.05) is 6.54 Å². The van der Waals surface area contributed by atoms with Crippen molar-refractivity contribution in [1.29, 1.82) is 0 Å². The lowest BCUT2D eigenvalue weighted by Gasteiger charge is -2.25. The summed E-state index contributed by atoms with van der Waals surface area (Å²) in [5.74, 6) is 0.0416. The second-order valence-corrected chi connectivity index (χ2v) is 7.36. The molecule has 1 atom stereocenters. The van der Waals surface area contributed by atoms with Crippen LogP contribution in [0.25, 0.3) is 10.2 Å². The summed E-state index contributed by atoms with van der Waals surface area (Å²) >= 11 is 7.39. The lowest BCUT2D eigenvalue weighted by molar-refractivity contribution is -0.157. The first-order valence-corrected chi connectivity index (χ1v) is 9.25. The number of ether oxygens (including phenoxy) is 2. The molecule has 0 radical (unpaired) electrons. The second-order valence-electron chi connectivity index (χ2n) is 5.93. The molecule has 0 aliphatic carbocycles. The molecule has 1 saturated heterocycles. The van der Waals surface area contributed by atoms with Gasteiger partial charge in [0.15, 0.2) is 0 Å². The summed E-state index contributed by atoms with van der Waals surface area (Å²) in [7, 11) is 0. The number of fused-ring (bicyclic) bond motifs is 1. The number of halogens is 1. The van der Waals surface area contributed by atoms with E-state index in [1.165, 1.54) is 11.3 Å². The molecule has 26 heavy (non-hydrogen) atoms. The zero-order valence-electron chi connectivity index (χ0n) is 13.6. The Kier molecular flexibility index (Phi) is 4.44. The molecule has 0 spiro atoms. The van der Waals surface area contributed by atoms with Gasteiger partial charge in [0, 0.05) is 11.4 Å². The number of hydrogen-bond donors (Lipinski definition) is 2. The van der Waals surface area contributed by atoms with Gasteiger partial charge >= 0.3 is 5.97 Å². The van der Waals surface area contributed by atoms with E-state index >= 15 is 0 Å². The molecule has 134 valence electrons. The first-order chi connectivity index (χ1) is 12.5. The fourth-order valence-corrected chi connectivity index (χ4v) is 3.94. The standard InChI is InChI=1S/C18H15ClN2O4S/c19-11-2-7-14-15(10-11)26-17(21-14)24-12-3-5-13(6-4-12)25-18(16(22)23)8-1-9-20-18/h2-7,10,20H,1,8-9H2,(H,22,23)/t18-/m1/s1. The van der Waals surface area contributed by atoms with E-state index < -0.39 is 11.7 Å². The lowest BCUT2D eigenvalue weighted by Crippen LogP contribution is -2.52. The summed E-state index contributed by atoms with van der Waals surface area (Å²) in [6, 6.07) is 12.3. The third kappa shape index (κ3) is 3.33. The summed E-state index contributed by atoms with van der Waals surface area (Å²) in [5, 5.41) is 13.5. The summed E-state index contributed by atoms with van der Waals surface area (Å²) < 4.78 is 12.4. The van der Waals surface area contributed by atoms with Crippen molar-refractivity contribution >= 4 is 39.1 Å². The van der Waals surface area contributed by atoms with E-state index in [-0.39, 0.29) is 0 Å². The van der Waals surface area contributed by atoms with Crippen LogP contribution in [0.5, 0.6) is 16.7 Å². The monoisotopic (exact) mass is 390 g/mol. The van der Waals surface area contributed by atoms with Crippen LogP contribution in [0.4, 0.5) is 0 Å². The molecule has 1 aromatic heterocycles. The third-order valence-electron chi connectivity index (χ3n) is 4.11. The Hall–Kier alpha value is -2.35. The van der Waals surface area contributed by atoms with Crippen LogP contribution in [0.15, 0.2) is 42.5 Å². The highest BCUT2D eigenvalue weighted by atomic mass is 35.5. The molecule has 2 aromatic carbocycles. The molecule has 3 aromatic rings. The second kappa shape index (κ2) is 6.75. The van der Waals surface area contributed by atoms with E-state index in [1.54, 1.807) is 30.3 Å². The van der Waals surface area contributed by atoms with Crippen LogP contribution in [0, 0.1) is 0 Å². The van der Waals surface area contributed by atoms with E-state index in [1.807, 2.05) is 12.1 Å². The van der Waals surface area contributed by atoms with E-state index in [2.05, 4.69) is 10.3 Å². The van der Waals surface area contributed by atoms with Gasteiger partial charge in [0.05, 0.1) is 10.2 Å². The van der Waals surface area contributed by atoms with Crippen molar-refractivity contribution in [2.24, 2.45) is 0 Å². The Bertz CT molecular complexity index is 951. The van der Waals surface area contributed by atoms with Gasteiger partial charge in [0.25, 0.3) is 10.9 Å². The van der Waals surface area contributed by atoms with Gasteiger partial charge in [-0.05, 0) is 55.4 Å². The zero-order valence-corrected chi connectivity index (χ0v) is 15.1. The summed E-state index contributed by atoms with van der Waals surface area (Å²) in [6.45, 7) is 0.620. The number of thiazole rings is 1. The van der Waals surface area contributed by atoms with E-state index in [9.17, 15) is 9.90 Å². The molecule has 0 unspecified atom stereocenters. The van der Waals surface area contributed by atoms with Gasteiger partial charge in [0.1, 0.15) is 11.5 Å². The highest BCUT2D eigenvalue weighted by molar-refractivity contribution is 7.20. The maximum absolute atomic E-state index is 11.5. The smallest absolute Gasteiger partial charge is 0.363 e. The number of nitrogens with one attached hydrogen (secondary N) is 1. The minimum Gasteiger partial charge on any atom is -0.477 e. The SMILES string of the molecule is O=C(O)[C@]1(Oc2ccc(Oc3nc4ccc(Cl)cc4s3)cc2)CCCN1. The average molecular weight is 391 g/mol. The maximum Gasteiger partial charge on any atom is 0.363 e. The first kappa shape index (κ1) is 17.1. The van der Waals surface area contributed by atoms with Gasteiger partial charge in [-0.3, -0.25) is 5.32 Å². The fraction of sp³-hybridized carbons (Fsp3) is 0.222. The predicted molar refractivity (Wildman–Crippen MR) is 99.4 cm³/mol. The van der Waals surface area contributed by atoms with Crippen LogP contribution in [-0.4, -0.2) is 28.3 Å². The van der Waals surface area contributed by atoms with Crippen molar-refractivity contribution in [3.63, 3.8) is 0 Å². The number of carboxylic acid groups (broad SMARTS) is 1. The minimum absolute atomic E-state index is 0.425. The molecular formula is C18H15ClN2O4S. The normalized spacial score (nSPS) is 19.6. The van der Waals surface area contributed by atoms with Gasteiger partial charge in [0.2, 0.25) is 0 Å². The molecule has 2 heterocycles. The van der Waals surface area contributed by atoms with Crippen molar-refractivity contribution in [3.05, 3.63) is 47.5 Å². The van der Waals surface area contributed by atoms with Gasteiger partial charge in [-0.1, -0.05) is 22.9 Å². The molecule has 0 bridgehead atoms. The van der Waals surface area contributed by atoms with E-state index in [0.29, 0.717) is 34.7 Å². The van der Waals surface area contributed by atoms with Crippen LogP contribution < -0.4 is 14.8 Å². The molecule has 0 amide bonds. The highest BCUT2D eigenvalue weighted by Gasteiger charge is 2.43. The van der Waals surface area contributed by atoms with Crippen LogP contribution in [0.2, 0.25) is 5.02 Å². The quantitative estimate of drug-likeness (QED) is 0.676. The molecule has 1 aliphatic heterocycles. The van der Waals surface area contributed by atoms with Crippen molar-refractivity contribution in [2.45, 2.75) is 18.6 Å². The Labute approximate surface area is 158 Å².